The molecule has 8 nitrogen and oxygen atoms in total. The topological polar surface area (TPSA) is 98.5 Å². The number of thioether (sulfide) groups is 1. The Morgan fingerprint density at radius 2 is 1.88 bits per heavy atom. The van der Waals surface area contributed by atoms with Gasteiger partial charge in [-0.05, 0) is 48.9 Å². The molecule has 0 fully saturated rings. The Bertz CT molecular complexity index is 1320. The van der Waals surface area contributed by atoms with E-state index in [1.807, 2.05) is 18.2 Å². The molecule has 2 heterocycles. The average Bonchev–Trinajstić information content (AvgIpc) is 3.20. The highest BCUT2D eigenvalue weighted by Gasteiger charge is 2.15. The zero-order valence-corrected chi connectivity index (χ0v) is 19.4. The molecule has 4 aromatic rings. The quantitative estimate of drug-likeness (QED) is 0.376. The zero-order chi connectivity index (χ0) is 22.6. The first-order valence-corrected chi connectivity index (χ1v) is 12.4. The van der Waals surface area contributed by atoms with Crippen LogP contribution in [0.4, 0.5) is 0 Å². The second-order valence-electron chi connectivity index (χ2n) is 7.16. The lowest BCUT2D eigenvalue weighted by Gasteiger charge is -2.07. The maximum Gasteiger partial charge on any atom is 0.240 e. The highest BCUT2D eigenvalue weighted by atomic mass is 32.2. The van der Waals surface area contributed by atoms with Crippen LogP contribution in [0, 0.1) is 6.92 Å². The van der Waals surface area contributed by atoms with E-state index in [-0.39, 0.29) is 11.4 Å². The lowest BCUT2D eigenvalue weighted by molar-refractivity contribution is 0.414. The summed E-state index contributed by atoms with van der Waals surface area (Å²) in [7, 11) is -2.10. The van der Waals surface area contributed by atoms with Crippen molar-refractivity contribution in [3.63, 3.8) is 0 Å². The van der Waals surface area contributed by atoms with E-state index in [9.17, 15) is 8.42 Å². The third-order valence-electron chi connectivity index (χ3n) is 4.78. The minimum atomic E-state index is -3.63. The van der Waals surface area contributed by atoms with Crippen molar-refractivity contribution in [3.8, 4) is 5.75 Å². The van der Waals surface area contributed by atoms with Gasteiger partial charge in [-0.15, -0.1) is 10.2 Å². The number of aryl methyl sites for hydroxylation is 1. The molecule has 10 heteroatoms. The van der Waals surface area contributed by atoms with Crippen LogP contribution in [-0.2, 0) is 22.2 Å². The van der Waals surface area contributed by atoms with Crippen molar-refractivity contribution < 1.29 is 13.2 Å². The molecule has 0 bridgehead atoms. The van der Waals surface area contributed by atoms with E-state index in [1.165, 1.54) is 30.4 Å². The molecule has 0 aliphatic carbocycles. The third-order valence-corrected chi connectivity index (χ3v) is 7.25. The molecule has 166 valence electrons. The first-order chi connectivity index (χ1) is 15.4. The second kappa shape index (κ2) is 9.68. The average molecular weight is 470 g/mol. The number of aromatic nitrogens is 4. The molecule has 0 spiro atoms. The highest BCUT2D eigenvalue weighted by Crippen LogP contribution is 2.22. The molecule has 0 aliphatic rings. The van der Waals surface area contributed by atoms with E-state index >= 15 is 0 Å². The Morgan fingerprint density at radius 3 is 2.62 bits per heavy atom. The number of sulfonamides is 1. The summed E-state index contributed by atoms with van der Waals surface area (Å²) in [5.74, 6) is 2.00. The highest BCUT2D eigenvalue weighted by molar-refractivity contribution is 7.98. The molecule has 0 unspecified atom stereocenters. The van der Waals surface area contributed by atoms with Crippen LogP contribution in [0.1, 0.15) is 17.0 Å². The number of methoxy groups -OCH3 is 1. The molecule has 1 N–H and O–H groups in total. The van der Waals surface area contributed by atoms with Crippen LogP contribution in [0.3, 0.4) is 0 Å². The van der Waals surface area contributed by atoms with Gasteiger partial charge in [-0.1, -0.05) is 41.6 Å². The molecule has 4 rings (SSSR count). The van der Waals surface area contributed by atoms with Crippen molar-refractivity contribution in [1.82, 2.24) is 24.5 Å². The number of fused-ring (bicyclic) bond motifs is 1. The van der Waals surface area contributed by atoms with Crippen LogP contribution in [0.15, 0.2) is 70.6 Å². The lowest BCUT2D eigenvalue weighted by atomic mass is 10.2. The van der Waals surface area contributed by atoms with Crippen LogP contribution in [0.2, 0.25) is 0 Å². The van der Waals surface area contributed by atoms with E-state index in [0.29, 0.717) is 23.6 Å². The van der Waals surface area contributed by atoms with Crippen molar-refractivity contribution in [2.24, 2.45) is 0 Å². The number of ether oxygens (including phenoxy) is 1. The van der Waals surface area contributed by atoms with Crippen LogP contribution in [0.5, 0.6) is 5.75 Å². The van der Waals surface area contributed by atoms with Crippen molar-refractivity contribution in [3.05, 3.63) is 77.6 Å². The van der Waals surface area contributed by atoms with Gasteiger partial charge in [0, 0.05) is 18.7 Å². The van der Waals surface area contributed by atoms with Gasteiger partial charge in [-0.25, -0.2) is 13.1 Å². The van der Waals surface area contributed by atoms with Gasteiger partial charge >= 0.3 is 0 Å². The van der Waals surface area contributed by atoms with Crippen LogP contribution in [0.25, 0.3) is 5.65 Å². The van der Waals surface area contributed by atoms with Gasteiger partial charge in [0.05, 0.1) is 12.0 Å². The molecule has 0 aliphatic heterocycles. The van der Waals surface area contributed by atoms with Crippen molar-refractivity contribution in [1.29, 1.82) is 0 Å². The molecule has 0 amide bonds. The molecule has 2 aromatic heterocycles. The first-order valence-electron chi connectivity index (χ1n) is 9.98. The summed E-state index contributed by atoms with van der Waals surface area (Å²) >= 11 is 1.63. The number of hydrogen-bond acceptors (Lipinski definition) is 7. The minimum absolute atomic E-state index is 0.178. The van der Waals surface area contributed by atoms with Gasteiger partial charge in [0.2, 0.25) is 10.0 Å². The largest absolute Gasteiger partial charge is 0.497 e. The monoisotopic (exact) mass is 469 g/mol. The van der Waals surface area contributed by atoms with Gasteiger partial charge in [0.15, 0.2) is 11.5 Å². The minimum Gasteiger partial charge on any atom is -0.497 e. The number of nitrogens with one attached hydrogen (secondary N) is 1. The zero-order valence-electron chi connectivity index (χ0n) is 17.7. The number of rotatable bonds is 9. The summed E-state index contributed by atoms with van der Waals surface area (Å²) in [6.45, 7) is 2.25. The first kappa shape index (κ1) is 22.3. The van der Waals surface area contributed by atoms with E-state index in [4.69, 9.17) is 4.74 Å². The fraction of sp³-hybridized carbons (Fsp3) is 0.227. The van der Waals surface area contributed by atoms with Gasteiger partial charge < -0.3 is 4.74 Å². The lowest BCUT2D eigenvalue weighted by Crippen LogP contribution is -2.26. The van der Waals surface area contributed by atoms with E-state index in [2.05, 4.69) is 45.1 Å². The fourth-order valence-corrected chi connectivity index (χ4v) is 4.97. The van der Waals surface area contributed by atoms with Gasteiger partial charge in [0.1, 0.15) is 10.8 Å². The Balaban J connectivity index is 1.41. The second-order valence-corrected chi connectivity index (χ2v) is 9.92. The molecule has 0 atom stereocenters. The summed E-state index contributed by atoms with van der Waals surface area (Å²) in [5, 5.41) is 13.8. The molecular weight excluding hydrogens is 446 g/mol. The van der Waals surface area contributed by atoms with Crippen molar-refractivity contribution in [2.45, 2.75) is 29.0 Å². The Labute approximate surface area is 191 Å². The fourth-order valence-electron chi connectivity index (χ4n) is 3.14. The summed E-state index contributed by atoms with van der Waals surface area (Å²) in [4.78, 5) is 0.178. The standard InChI is InChI=1S/C22H23N5O3S2/c1-16-4-3-5-17(14-16)15-31-22-11-10-20-24-25-21(27(20)26-22)12-13-23-32(28,29)19-8-6-18(30-2)7-9-19/h3-11,14,23H,12-13,15H2,1-2H3. The number of hydrogen-bond donors (Lipinski definition) is 1. The summed E-state index contributed by atoms with van der Waals surface area (Å²) in [6.07, 6.45) is 0.357. The molecule has 0 saturated carbocycles. The SMILES string of the molecule is COc1ccc(S(=O)(=O)NCCc2nnc3ccc(SCc4cccc(C)c4)nn23)cc1. The molecular formula is C22H23N5O3S2. The maximum absolute atomic E-state index is 12.5. The number of benzene rings is 2. The van der Waals surface area contributed by atoms with Crippen molar-refractivity contribution in [2.75, 3.05) is 13.7 Å². The molecule has 0 saturated heterocycles. The number of nitrogens with zero attached hydrogens (tertiary/aromatic N) is 4. The smallest absolute Gasteiger partial charge is 0.240 e. The summed E-state index contributed by atoms with van der Waals surface area (Å²) < 4.78 is 34.4. The Morgan fingerprint density at radius 1 is 1.06 bits per heavy atom. The Hall–Kier alpha value is -2.95. The van der Waals surface area contributed by atoms with Crippen LogP contribution in [-0.4, -0.2) is 41.9 Å². The Kier molecular flexibility index (Phi) is 6.73. The molecule has 2 aromatic carbocycles. The van der Waals surface area contributed by atoms with Gasteiger partial charge in [-0.2, -0.15) is 9.61 Å². The van der Waals surface area contributed by atoms with Gasteiger partial charge in [0.25, 0.3) is 0 Å². The predicted octanol–water partition coefficient (Wildman–Crippen LogP) is 3.25. The molecule has 0 radical (unpaired) electrons. The summed E-state index contributed by atoms with van der Waals surface area (Å²) in [6, 6.07) is 18.4. The van der Waals surface area contributed by atoms with Crippen LogP contribution >= 0.6 is 11.8 Å². The third kappa shape index (κ3) is 5.26. The maximum atomic E-state index is 12.5. The van der Waals surface area contributed by atoms with E-state index in [1.54, 1.807) is 28.4 Å². The van der Waals surface area contributed by atoms with Crippen LogP contribution < -0.4 is 9.46 Å². The normalized spacial score (nSPS) is 11.7. The molecule has 32 heavy (non-hydrogen) atoms. The van der Waals surface area contributed by atoms with Gasteiger partial charge in [-0.3, -0.25) is 0 Å². The van der Waals surface area contributed by atoms with E-state index < -0.39 is 10.0 Å². The summed E-state index contributed by atoms with van der Waals surface area (Å²) in [5.41, 5.74) is 3.08. The predicted molar refractivity (Wildman–Crippen MR) is 123 cm³/mol. The van der Waals surface area contributed by atoms with E-state index in [0.717, 1.165) is 10.8 Å². The van der Waals surface area contributed by atoms with Crippen molar-refractivity contribution >= 4 is 27.4 Å².